The van der Waals surface area contributed by atoms with Crippen LogP contribution in [0.15, 0.2) is 54.6 Å². The first-order chi connectivity index (χ1) is 15.0. The molecule has 3 aromatic rings. The van der Waals surface area contributed by atoms with E-state index >= 15 is 0 Å². The second-order valence-electron chi connectivity index (χ2n) is 8.03. The van der Waals surface area contributed by atoms with E-state index in [-0.39, 0.29) is 17.2 Å². The first kappa shape index (κ1) is 20.9. The molecule has 0 spiro atoms. The van der Waals surface area contributed by atoms with Crippen LogP contribution in [0, 0.1) is 0 Å². The molecule has 31 heavy (non-hydrogen) atoms. The fourth-order valence-electron chi connectivity index (χ4n) is 4.02. The van der Waals surface area contributed by atoms with Crippen molar-refractivity contribution in [3.8, 4) is 5.75 Å². The molecular formula is C25H26N2O4. The number of phenols is 1. The number of rotatable bonds is 6. The lowest BCUT2D eigenvalue weighted by Gasteiger charge is -2.26. The van der Waals surface area contributed by atoms with Crippen LogP contribution in [0.25, 0.3) is 10.8 Å². The smallest absolute Gasteiger partial charge is 0.335 e. The van der Waals surface area contributed by atoms with Crippen molar-refractivity contribution in [1.82, 2.24) is 10.2 Å². The summed E-state index contributed by atoms with van der Waals surface area (Å²) >= 11 is 0. The van der Waals surface area contributed by atoms with Gasteiger partial charge in [-0.15, -0.1) is 0 Å². The van der Waals surface area contributed by atoms with Gasteiger partial charge in [0.2, 0.25) is 0 Å². The highest BCUT2D eigenvalue weighted by molar-refractivity contribution is 6.00. The maximum atomic E-state index is 12.6. The van der Waals surface area contributed by atoms with Gasteiger partial charge in [0.05, 0.1) is 12.2 Å². The number of carbonyl (C=O) groups is 2. The summed E-state index contributed by atoms with van der Waals surface area (Å²) in [5.41, 5.74) is 2.37. The molecule has 6 nitrogen and oxygen atoms in total. The normalized spacial score (nSPS) is 14.5. The van der Waals surface area contributed by atoms with Crippen molar-refractivity contribution in [2.75, 3.05) is 19.8 Å². The molecular weight excluding hydrogens is 392 g/mol. The summed E-state index contributed by atoms with van der Waals surface area (Å²) in [6, 6.07) is 15.7. The SMILES string of the molecule is O=C(O)c1ccc(Cc2ccc3ccc(C(=O)NCN4CCCCC4)cc3c2O)cc1. The zero-order chi connectivity index (χ0) is 21.8. The Morgan fingerprint density at radius 1 is 0.903 bits per heavy atom. The molecule has 0 aliphatic carbocycles. The van der Waals surface area contributed by atoms with Gasteiger partial charge in [-0.3, -0.25) is 9.69 Å². The summed E-state index contributed by atoms with van der Waals surface area (Å²) in [6.07, 6.45) is 4.05. The lowest BCUT2D eigenvalue weighted by Crippen LogP contribution is -2.40. The van der Waals surface area contributed by atoms with Crippen LogP contribution in [-0.2, 0) is 6.42 Å². The molecule has 0 saturated carbocycles. The van der Waals surface area contributed by atoms with Gasteiger partial charge in [-0.1, -0.05) is 36.8 Å². The molecule has 1 saturated heterocycles. The average molecular weight is 418 g/mol. The van der Waals surface area contributed by atoms with E-state index in [0.29, 0.717) is 24.0 Å². The van der Waals surface area contributed by atoms with E-state index in [4.69, 9.17) is 5.11 Å². The van der Waals surface area contributed by atoms with Crippen LogP contribution in [0.2, 0.25) is 0 Å². The minimum atomic E-state index is -0.966. The third-order valence-electron chi connectivity index (χ3n) is 5.85. The highest BCUT2D eigenvalue weighted by Crippen LogP contribution is 2.31. The van der Waals surface area contributed by atoms with Crippen LogP contribution < -0.4 is 5.32 Å². The van der Waals surface area contributed by atoms with Crippen LogP contribution in [-0.4, -0.2) is 46.7 Å². The fourth-order valence-corrected chi connectivity index (χ4v) is 4.02. The van der Waals surface area contributed by atoms with Crippen molar-refractivity contribution in [3.63, 3.8) is 0 Å². The number of amides is 1. The molecule has 0 unspecified atom stereocenters. The number of fused-ring (bicyclic) bond motifs is 1. The topological polar surface area (TPSA) is 89.9 Å². The fraction of sp³-hybridized carbons (Fsp3) is 0.280. The number of carboxylic acids is 1. The molecule has 6 heteroatoms. The van der Waals surface area contributed by atoms with Crippen LogP contribution in [0.1, 0.15) is 51.1 Å². The van der Waals surface area contributed by atoms with E-state index in [1.54, 1.807) is 36.4 Å². The molecule has 3 aromatic carbocycles. The number of likely N-dealkylation sites (tertiary alicyclic amines) is 1. The van der Waals surface area contributed by atoms with Gasteiger partial charge in [0.15, 0.2) is 0 Å². The number of benzene rings is 3. The van der Waals surface area contributed by atoms with Crippen molar-refractivity contribution in [1.29, 1.82) is 0 Å². The predicted octanol–water partition coefficient (Wildman–Crippen LogP) is 4.01. The van der Waals surface area contributed by atoms with Crippen molar-refractivity contribution < 1.29 is 19.8 Å². The van der Waals surface area contributed by atoms with Crippen LogP contribution >= 0.6 is 0 Å². The standard InChI is InChI=1S/C25H26N2O4/c28-23-20(14-17-4-6-19(7-5-17)25(30)31)10-8-18-9-11-21(15-22(18)23)24(29)26-16-27-12-2-1-3-13-27/h4-11,15,28H,1-3,12-14,16H2,(H,26,29)(H,30,31). The number of piperidine rings is 1. The van der Waals surface area contributed by atoms with Gasteiger partial charge < -0.3 is 15.5 Å². The van der Waals surface area contributed by atoms with Crippen LogP contribution in [0.5, 0.6) is 5.75 Å². The molecule has 160 valence electrons. The summed E-state index contributed by atoms with van der Waals surface area (Å²) in [5, 5.41) is 24.4. The minimum Gasteiger partial charge on any atom is -0.507 e. The average Bonchev–Trinajstić information content (AvgIpc) is 2.80. The molecule has 1 amide bonds. The van der Waals surface area contributed by atoms with E-state index in [1.165, 1.54) is 19.3 Å². The number of carbonyl (C=O) groups excluding carboxylic acids is 1. The monoisotopic (exact) mass is 418 g/mol. The van der Waals surface area contributed by atoms with Gasteiger partial charge in [0.25, 0.3) is 5.91 Å². The highest BCUT2D eigenvalue weighted by Gasteiger charge is 2.14. The third kappa shape index (κ3) is 4.86. The number of nitrogens with zero attached hydrogens (tertiary/aromatic N) is 1. The van der Waals surface area contributed by atoms with Gasteiger partial charge in [-0.25, -0.2) is 4.79 Å². The molecule has 1 heterocycles. The molecule has 1 aliphatic rings. The number of aromatic hydroxyl groups is 1. The lowest BCUT2D eigenvalue weighted by molar-refractivity contribution is 0.0696. The van der Waals surface area contributed by atoms with E-state index < -0.39 is 5.97 Å². The molecule has 0 aromatic heterocycles. The van der Waals surface area contributed by atoms with E-state index in [0.717, 1.165) is 29.6 Å². The summed E-state index contributed by atoms with van der Waals surface area (Å²) in [6.45, 7) is 2.56. The van der Waals surface area contributed by atoms with Gasteiger partial charge in [-0.05, 0) is 66.7 Å². The van der Waals surface area contributed by atoms with Crippen molar-refractivity contribution in [2.45, 2.75) is 25.7 Å². The van der Waals surface area contributed by atoms with E-state index in [1.807, 2.05) is 18.2 Å². The Kier molecular flexibility index (Phi) is 6.18. The van der Waals surface area contributed by atoms with Crippen LogP contribution in [0.3, 0.4) is 0 Å². The highest BCUT2D eigenvalue weighted by atomic mass is 16.4. The summed E-state index contributed by atoms with van der Waals surface area (Å²) < 4.78 is 0. The Morgan fingerprint density at radius 2 is 1.58 bits per heavy atom. The van der Waals surface area contributed by atoms with Crippen molar-refractivity contribution in [3.05, 3.63) is 76.9 Å². The summed E-state index contributed by atoms with van der Waals surface area (Å²) in [7, 11) is 0. The Labute approximate surface area is 181 Å². The largest absolute Gasteiger partial charge is 0.507 e. The number of phenolic OH excluding ortho intramolecular Hbond substituents is 1. The van der Waals surface area contributed by atoms with Crippen molar-refractivity contribution in [2.24, 2.45) is 0 Å². The Morgan fingerprint density at radius 3 is 2.29 bits per heavy atom. The number of aromatic carboxylic acids is 1. The quantitative estimate of drug-likeness (QED) is 0.563. The zero-order valence-electron chi connectivity index (χ0n) is 17.3. The number of hydrogen-bond donors (Lipinski definition) is 3. The predicted molar refractivity (Wildman–Crippen MR) is 120 cm³/mol. The van der Waals surface area contributed by atoms with Gasteiger partial charge in [0, 0.05) is 17.4 Å². The first-order valence-electron chi connectivity index (χ1n) is 10.6. The molecule has 0 atom stereocenters. The van der Waals surface area contributed by atoms with Crippen molar-refractivity contribution >= 4 is 22.6 Å². The molecule has 3 N–H and O–H groups in total. The van der Waals surface area contributed by atoms with E-state index in [9.17, 15) is 14.7 Å². The van der Waals surface area contributed by atoms with Crippen LogP contribution in [0.4, 0.5) is 0 Å². The van der Waals surface area contributed by atoms with Gasteiger partial charge in [-0.2, -0.15) is 0 Å². The zero-order valence-corrected chi connectivity index (χ0v) is 17.3. The maximum absolute atomic E-state index is 12.6. The Hall–Kier alpha value is -3.38. The Balaban J connectivity index is 1.52. The summed E-state index contributed by atoms with van der Waals surface area (Å²) in [4.78, 5) is 25.9. The molecule has 1 aliphatic heterocycles. The molecule has 4 rings (SSSR count). The van der Waals surface area contributed by atoms with Gasteiger partial charge >= 0.3 is 5.97 Å². The van der Waals surface area contributed by atoms with Gasteiger partial charge in [0.1, 0.15) is 5.75 Å². The number of carboxylic acid groups (broad SMARTS) is 1. The maximum Gasteiger partial charge on any atom is 0.335 e. The summed E-state index contributed by atoms with van der Waals surface area (Å²) in [5.74, 6) is -0.974. The van der Waals surface area contributed by atoms with E-state index in [2.05, 4.69) is 10.2 Å². The second-order valence-corrected chi connectivity index (χ2v) is 8.03. The minimum absolute atomic E-state index is 0.144. The number of hydrogen-bond acceptors (Lipinski definition) is 4. The molecule has 0 bridgehead atoms. The molecule has 0 radical (unpaired) electrons. The number of nitrogens with one attached hydrogen (secondary N) is 1. The second kappa shape index (κ2) is 9.18. The lowest BCUT2D eigenvalue weighted by atomic mass is 9.98. The third-order valence-corrected chi connectivity index (χ3v) is 5.85. The Bertz CT molecular complexity index is 1100. The first-order valence-corrected chi connectivity index (χ1v) is 10.6. The molecule has 1 fully saturated rings.